The van der Waals surface area contributed by atoms with Crippen LogP contribution in [0.3, 0.4) is 0 Å². The maximum absolute atomic E-state index is 6.42. The third-order valence-electron chi connectivity index (χ3n) is 12.3. The molecule has 0 bridgehead atoms. The lowest BCUT2D eigenvalue weighted by atomic mass is 10.0. The minimum absolute atomic E-state index is 0.640. The number of fused-ring (bicyclic) bond motifs is 10. The molecule has 4 heterocycles. The zero-order valence-corrected chi connectivity index (χ0v) is 32.8. The fraction of sp³-hybridized carbons (Fsp3) is 0. The summed E-state index contributed by atoms with van der Waals surface area (Å²) in [5.41, 5.74) is 14.7. The Kier molecular flexibility index (Phi) is 7.24. The van der Waals surface area contributed by atoms with E-state index < -0.39 is 0 Å². The summed E-state index contributed by atoms with van der Waals surface area (Å²) in [6, 6.07) is 73.3. The molecule has 0 aliphatic rings. The van der Waals surface area contributed by atoms with Crippen molar-refractivity contribution in [3.05, 3.63) is 206 Å². The zero-order chi connectivity index (χ0) is 40.0. The van der Waals surface area contributed by atoms with Crippen LogP contribution < -0.4 is 0 Å². The van der Waals surface area contributed by atoms with E-state index in [2.05, 4.69) is 191 Å². The minimum Gasteiger partial charge on any atom is -0.455 e. The Hall–Kier alpha value is -8.28. The molecule has 0 radical (unpaired) electrons. The van der Waals surface area contributed by atoms with Crippen LogP contribution >= 0.6 is 0 Å². The van der Waals surface area contributed by atoms with Crippen molar-refractivity contribution >= 4 is 76.5 Å². The first-order valence-corrected chi connectivity index (χ1v) is 20.7. The van der Waals surface area contributed by atoms with Crippen LogP contribution in [0.25, 0.3) is 122 Å². The highest BCUT2D eigenvalue weighted by atomic mass is 16.3. The highest BCUT2D eigenvalue weighted by molar-refractivity contribution is 6.13. The number of benzene rings is 9. The van der Waals surface area contributed by atoms with Gasteiger partial charge in [0.2, 0.25) is 0 Å². The molecule has 0 N–H and O–H groups in total. The predicted octanol–water partition coefficient (Wildman–Crippen LogP) is 14.7. The van der Waals surface area contributed by atoms with Crippen LogP contribution in [-0.4, -0.2) is 19.1 Å². The van der Waals surface area contributed by atoms with Gasteiger partial charge in [0.15, 0.2) is 5.82 Å². The number of hydrogen-bond donors (Lipinski definition) is 0. The number of furan rings is 1. The molecule has 0 spiro atoms. The van der Waals surface area contributed by atoms with Gasteiger partial charge >= 0.3 is 0 Å². The normalized spacial score (nSPS) is 11.9. The van der Waals surface area contributed by atoms with Gasteiger partial charge in [0.1, 0.15) is 11.2 Å². The summed E-state index contributed by atoms with van der Waals surface area (Å²) in [4.78, 5) is 10.3. The Morgan fingerprint density at radius 2 is 0.869 bits per heavy atom. The number of hydrogen-bond acceptors (Lipinski definition) is 3. The smallest absolute Gasteiger partial charge is 0.164 e. The molecule has 0 saturated heterocycles. The van der Waals surface area contributed by atoms with E-state index in [1.54, 1.807) is 0 Å². The first-order valence-electron chi connectivity index (χ1n) is 20.7. The molecule has 4 aromatic heterocycles. The van der Waals surface area contributed by atoms with E-state index in [1.807, 2.05) is 24.3 Å². The van der Waals surface area contributed by atoms with Crippen molar-refractivity contribution in [2.75, 3.05) is 0 Å². The van der Waals surface area contributed by atoms with Gasteiger partial charge in [0.25, 0.3) is 0 Å². The van der Waals surface area contributed by atoms with Crippen LogP contribution in [0.5, 0.6) is 0 Å². The fourth-order valence-electron chi connectivity index (χ4n) is 9.55. The SMILES string of the molecule is c1ccc(-n2c3ccccc3c3cc(-c4ccc5c(c4)c4ccccc4n5-c4ccc(-c5nc(-c6cccc7c6oc6ccccc67)nc6ccccc56)cc4)ccc32)cc1. The number of aromatic nitrogens is 4. The summed E-state index contributed by atoms with van der Waals surface area (Å²) in [5, 5.41) is 8.08. The molecule has 0 atom stereocenters. The van der Waals surface area contributed by atoms with Crippen LogP contribution in [0.1, 0.15) is 0 Å². The van der Waals surface area contributed by atoms with Crippen molar-refractivity contribution in [3.8, 4) is 45.1 Å². The molecule has 61 heavy (non-hydrogen) atoms. The standard InChI is InChI=1S/C56H34N4O/c1-2-13-38(14-3-1)59-49-22-9-5-15-40(49)46-33-36(27-31-51(46)59)37-28-32-52-47(34-37)41-16-6-10-23-50(41)60(52)39-29-25-35(26-30-39)54-44-18-4-8-21-48(44)57-56(58-54)45-20-12-19-43-42-17-7-11-24-53(42)61-55(43)45/h1-34H. The predicted molar refractivity (Wildman–Crippen MR) is 252 cm³/mol. The first-order chi connectivity index (χ1) is 30.2. The van der Waals surface area contributed by atoms with Crippen LogP contribution in [0.15, 0.2) is 211 Å². The quantitative estimate of drug-likeness (QED) is 0.175. The molecular formula is C56H34N4O. The van der Waals surface area contributed by atoms with Gasteiger partial charge in [-0.2, -0.15) is 0 Å². The average Bonchev–Trinajstić information content (AvgIpc) is 3.99. The van der Waals surface area contributed by atoms with Crippen molar-refractivity contribution in [2.24, 2.45) is 0 Å². The Morgan fingerprint density at radius 1 is 0.344 bits per heavy atom. The monoisotopic (exact) mass is 778 g/mol. The average molecular weight is 779 g/mol. The van der Waals surface area contributed by atoms with E-state index in [9.17, 15) is 0 Å². The van der Waals surface area contributed by atoms with Gasteiger partial charge in [0.05, 0.1) is 38.8 Å². The zero-order valence-electron chi connectivity index (χ0n) is 32.8. The molecule has 13 aromatic rings. The van der Waals surface area contributed by atoms with Crippen LogP contribution in [-0.2, 0) is 0 Å². The van der Waals surface area contributed by atoms with Crippen molar-refractivity contribution in [1.82, 2.24) is 19.1 Å². The van der Waals surface area contributed by atoms with Gasteiger partial charge in [-0.15, -0.1) is 0 Å². The fourth-order valence-corrected chi connectivity index (χ4v) is 9.55. The second-order valence-corrected chi connectivity index (χ2v) is 15.7. The molecule has 5 heteroatoms. The second-order valence-electron chi connectivity index (χ2n) is 15.7. The van der Waals surface area contributed by atoms with Gasteiger partial charge in [0, 0.05) is 54.6 Å². The van der Waals surface area contributed by atoms with E-state index in [-0.39, 0.29) is 0 Å². The number of para-hydroxylation sites is 6. The Morgan fingerprint density at radius 3 is 1.56 bits per heavy atom. The molecule has 9 aromatic carbocycles. The number of nitrogens with zero attached hydrogens (tertiary/aromatic N) is 4. The third kappa shape index (κ3) is 5.14. The highest BCUT2D eigenvalue weighted by Crippen LogP contribution is 2.40. The lowest BCUT2D eigenvalue weighted by Crippen LogP contribution is -1.97. The highest BCUT2D eigenvalue weighted by Gasteiger charge is 2.19. The molecule has 13 rings (SSSR count). The van der Waals surface area contributed by atoms with E-state index in [0.717, 1.165) is 72.1 Å². The molecule has 0 amide bonds. The molecule has 0 aliphatic heterocycles. The van der Waals surface area contributed by atoms with Crippen LogP contribution in [0.4, 0.5) is 0 Å². The van der Waals surface area contributed by atoms with E-state index in [1.165, 1.54) is 43.7 Å². The van der Waals surface area contributed by atoms with E-state index in [4.69, 9.17) is 14.4 Å². The summed E-state index contributed by atoms with van der Waals surface area (Å²) in [7, 11) is 0. The molecule has 5 nitrogen and oxygen atoms in total. The Bertz CT molecular complexity index is 3870. The molecule has 284 valence electrons. The topological polar surface area (TPSA) is 48.8 Å². The minimum atomic E-state index is 0.640. The van der Waals surface area contributed by atoms with Crippen molar-refractivity contribution in [3.63, 3.8) is 0 Å². The first kappa shape index (κ1) is 33.7. The summed E-state index contributed by atoms with van der Waals surface area (Å²) in [6.45, 7) is 0. The van der Waals surface area contributed by atoms with Crippen molar-refractivity contribution < 1.29 is 4.42 Å². The molecule has 0 fully saturated rings. The van der Waals surface area contributed by atoms with Gasteiger partial charge in [-0.1, -0.05) is 127 Å². The molecule has 0 unspecified atom stereocenters. The Labute approximate surface area is 350 Å². The van der Waals surface area contributed by atoms with Gasteiger partial charge < -0.3 is 13.6 Å². The summed E-state index contributed by atoms with van der Waals surface area (Å²) < 4.78 is 11.2. The lowest BCUT2D eigenvalue weighted by Gasteiger charge is -2.12. The molecular weight excluding hydrogens is 745 g/mol. The van der Waals surface area contributed by atoms with E-state index >= 15 is 0 Å². The lowest BCUT2D eigenvalue weighted by molar-refractivity contribution is 0.669. The van der Waals surface area contributed by atoms with Crippen molar-refractivity contribution in [2.45, 2.75) is 0 Å². The van der Waals surface area contributed by atoms with E-state index in [0.29, 0.717) is 5.82 Å². The van der Waals surface area contributed by atoms with Crippen molar-refractivity contribution in [1.29, 1.82) is 0 Å². The maximum atomic E-state index is 6.42. The van der Waals surface area contributed by atoms with Gasteiger partial charge in [-0.25, -0.2) is 9.97 Å². The summed E-state index contributed by atoms with van der Waals surface area (Å²) >= 11 is 0. The van der Waals surface area contributed by atoms with Crippen LogP contribution in [0, 0.1) is 0 Å². The summed E-state index contributed by atoms with van der Waals surface area (Å²) in [5.74, 6) is 0.640. The van der Waals surface area contributed by atoms with Crippen LogP contribution in [0.2, 0.25) is 0 Å². The maximum Gasteiger partial charge on any atom is 0.164 e. The van der Waals surface area contributed by atoms with Gasteiger partial charge in [-0.05, 0) is 90.0 Å². The number of rotatable bonds is 5. The molecule has 0 aliphatic carbocycles. The van der Waals surface area contributed by atoms with Gasteiger partial charge in [-0.3, -0.25) is 0 Å². The third-order valence-corrected chi connectivity index (χ3v) is 12.3. The largest absolute Gasteiger partial charge is 0.455 e. The Balaban J connectivity index is 0.921. The summed E-state index contributed by atoms with van der Waals surface area (Å²) in [6.07, 6.45) is 0. The molecule has 0 saturated carbocycles. The second kappa shape index (κ2) is 13.1.